The van der Waals surface area contributed by atoms with Crippen LogP contribution in [0.15, 0.2) is 41.4 Å². The number of carboxylic acid groups (broad SMARTS) is 1. The summed E-state index contributed by atoms with van der Waals surface area (Å²) in [6.45, 7) is 3.37. The van der Waals surface area contributed by atoms with Crippen LogP contribution >= 0.6 is 0 Å². The number of hydrogen-bond acceptors (Lipinski definition) is 5. The molecule has 0 bridgehead atoms. The fraction of sp³-hybridized carbons (Fsp3) is 0.294. The Hall–Kier alpha value is -2.61. The van der Waals surface area contributed by atoms with Crippen LogP contribution < -0.4 is 9.62 Å². The van der Waals surface area contributed by atoms with E-state index < -0.39 is 16.0 Å². The average Bonchev–Trinajstić information content (AvgIpc) is 3.09. The van der Waals surface area contributed by atoms with Crippen molar-refractivity contribution in [2.45, 2.75) is 24.7 Å². The van der Waals surface area contributed by atoms with Gasteiger partial charge in [0.25, 0.3) is 10.0 Å². The molecule has 0 aliphatic carbocycles. The van der Waals surface area contributed by atoms with E-state index in [1.807, 2.05) is 11.8 Å². The highest BCUT2D eigenvalue weighted by molar-refractivity contribution is 7.92. The number of aryl methyl sites for hydroxylation is 1. The number of nitrogens with one attached hydrogen (secondary N) is 1. The molecule has 0 amide bonds. The van der Waals surface area contributed by atoms with E-state index in [1.165, 1.54) is 24.4 Å². The largest absolute Gasteiger partial charge is 0.478 e. The number of benzene rings is 1. The van der Waals surface area contributed by atoms with Crippen molar-refractivity contribution < 1.29 is 18.3 Å². The molecule has 132 valence electrons. The number of aromatic carboxylic acids is 1. The molecule has 1 saturated heterocycles. The van der Waals surface area contributed by atoms with Gasteiger partial charge in [-0.3, -0.25) is 4.72 Å². The molecule has 0 radical (unpaired) electrons. The quantitative estimate of drug-likeness (QED) is 0.849. The Morgan fingerprint density at radius 3 is 2.44 bits per heavy atom. The molecule has 7 nitrogen and oxygen atoms in total. The maximum absolute atomic E-state index is 12.4. The normalized spacial score (nSPS) is 14.5. The molecule has 0 unspecified atom stereocenters. The average molecular weight is 361 g/mol. The molecule has 1 aliphatic rings. The summed E-state index contributed by atoms with van der Waals surface area (Å²) in [6, 6.07) is 7.72. The fourth-order valence-corrected chi connectivity index (χ4v) is 3.82. The minimum atomic E-state index is -3.80. The molecule has 0 saturated carbocycles. The number of carbonyl (C=O) groups is 1. The number of sulfonamides is 1. The Morgan fingerprint density at radius 1 is 1.20 bits per heavy atom. The van der Waals surface area contributed by atoms with Crippen molar-refractivity contribution in [2.75, 3.05) is 22.7 Å². The molecule has 3 rings (SSSR count). The van der Waals surface area contributed by atoms with Crippen molar-refractivity contribution in [3.63, 3.8) is 0 Å². The van der Waals surface area contributed by atoms with Crippen molar-refractivity contribution in [1.82, 2.24) is 4.98 Å². The predicted molar refractivity (Wildman–Crippen MR) is 94.6 cm³/mol. The number of anilines is 2. The van der Waals surface area contributed by atoms with Crippen molar-refractivity contribution in [1.29, 1.82) is 0 Å². The van der Waals surface area contributed by atoms with Gasteiger partial charge in [-0.25, -0.2) is 18.2 Å². The van der Waals surface area contributed by atoms with Gasteiger partial charge in [-0.2, -0.15) is 0 Å². The number of pyridine rings is 1. The van der Waals surface area contributed by atoms with Crippen LogP contribution in [0.5, 0.6) is 0 Å². The lowest BCUT2D eigenvalue weighted by Gasteiger charge is -2.19. The molecular formula is C17H19N3O4S. The van der Waals surface area contributed by atoms with Crippen LogP contribution in [-0.4, -0.2) is 37.6 Å². The van der Waals surface area contributed by atoms with Crippen LogP contribution in [0.25, 0.3) is 0 Å². The highest BCUT2D eigenvalue weighted by Crippen LogP contribution is 2.26. The molecule has 2 aromatic rings. The van der Waals surface area contributed by atoms with Gasteiger partial charge >= 0.3 is 5.97 Å². The molecule has 0 atom stereocenters. The third kappa shape index (κ3) is 3.74. The van der Waals surface area contributed by atoms with Gasteiger partial charge in [-0.15, -0.1) is 0 Å². The second-order valence-electron chi connectivity index (χ2n) is 6.01. The summed E-state index contributed by atoms with van der Waals surface area (Å²) in [5.41, 5.74) is 1.07. The van der Waals surface area contributed by atoms with Gasteiger partial charge < -0.3 is 10.0 Å². The highest BCUT2D eigenvalue weighted by Gasteiger charge is 2.22. The molecule has 2 heterocycles. The fourth-order valence-electron chi connectivity index (χ4n) is 2.78. The van der Waals surface area contributed by atoms with Gasteiger partial charge in [0, 0.05) is 13.1 Å². The summed E-state index contributed by atoms with van der Waals surface area (Å²) >= 11 is 0. The van der Waals surface area contributed by atoms with E-state index in [1.54, 1.807) is 12.1 Å². The SMILES string of the molecule is Cc1ccc(S(=O)(=O)Nc2cnc(N3CCCC3)c(C(=O)O)c2)cc1. The summed E-state index contributed by atoms with van der Waals surface area (Å²) in [6.07, 6.45) is 3.33. The Morgan fingerprint density at radius 2 is 1.84 bits per heavy atom. The van der Waals surface area contributed by atoms with Crippen LogP contribution in [0.4, 0.5) is 11.5 Å². The van der Waals surface area contributed by atoms with Gasteiger partial charge in [-0.05, 0) is 38.0 Å². The first-order valence-electron chi connectivity index (χ1n) is 7.94. The number of aromatic nitrogens is 1. The van der Waals surface area contributed by atoms with Gasteiger partial charge in [0.2, 0.25) is 0 Å². The molecular weight excluding hydrogens is 342 g/mol. The third-order valence-electron chi connectivity index (χ3n) is 4.09. The Kier molecular flexibility index (Phi) is 4.63. The van der Waals surface area contributed by atoms with Crippen LogP contribution in [-0.2, 0) is 10.0 Å². The zero-order valence-electron chi connectivity index (χ0n) is 13.8. The number of nitrogens with zero attached hydrogens (tertiary/aromatic N) is 2. The lowest BCUT2D eigenvalue weighted by molar-refractivity contribution is 0.0697. The monoisotopic (exact) mass is 361 g/mol. The molecule has 1 aromatic carbocycles. The Balaban J connectivity index is 1.91. The van der Waals surface area contributed by atoms with Crippen LogP contribution in [0, 0.1) is 6.92 Å². The minimum absolute atomic E-state index is 0.00833. The number of rotatable bonds is 5. The summed E-state index contributed by atoms with van der Waals surface area (Å²) < 4.78 is 27.3. The second-order valence-corrected chi connectivity index (χ2v) is 7.70. The third-order valence-corrected chi connectivity index (χ3v) is 5.48. The van der Waals surface area contributed by atoms with Crippen molar-refractivity contribution >= 4 is 27.5 Å². The van der Waals surface area contributed by atoms with E-state index in [9.17, 15) is 18.3 Å². The minimum Gasteiger partial charge on any atom is -0.478 e. The zero-order valence-corrected chi connectivity index (χ0v) is 14.6. The standard InChI is InChI=1S/C17H19N3O4S/c1-12-4-6-14(7-5-12)25(23,24)19-13-10-15(17(21)22)16(18-11-13)20-8-2-3-9-20/h4-7,10-11,19H,2-3,8-9H2,1H3,(H,21,22). The van der Waals surface area contributed by atoms with E-state index in [-0.39, 0.29) is 16.1 Å². The van der Waals surface area contributed by atoms with E-state index in [4.69, 9.17) is 0 Å². The summed E-state index contributed by atoms with van der Waals surface area (Å²) in [5.74, 6) is -0.755. The van der Waals surface area contributed by atoms with Gasteiger partial charge in [0.15, 0.2) is 0 Å². The maximum atomic E-state index is 12.4. The summed E-state index contributed by atoms with van der Waals surface area (Å²) in [7, 11) is -3.80. The molecule has 1 aliphatic heterocycles. The number of carboxylic acids is 1. The smallest absolute Gasteiger partial charge is 0.339 e. The van der Waals surface area contributed by atoms with Gasteiger partial charge in [-0.1, -0.05) is 17.7 Å². The van der Waals surface area contributed by atoms with E-state index in [0.717, 1.165) is 31.5 Å². The predicted octanol–water partition coefficient (Wildman–Crippen LogP) is 2.49. The van der Waals surface area contributed by atoms with Gasteiger partial charge in [0.05, 0.1) is 16.8 Å². The van der Waals surface area contributed by atoms with E-state index >= 15 is 0 Å². The Bertz CT molecular complexity index is 889. The van der Waals surface area contributed by atoms with Crippen molar-refractivity contribution in [3.8, 4) is 0 Å². The van der Waals surface area contributed by atoms with E-state index in [0.29, 0.717) is 5.82 Å². The van der Waals surface area contributed by atoms with Crippen molar-refractivity contribution in [3.05, 3.63) is 47.7 Å². The highest BCUT2D eigenvalue weighted by atomic mass is 32.2. The van der Waals surface area contributed by atoms with Crippen LogP contribution in [0.1, 0.15) is 28.8 Å². The second kappa shape index (κ2) is 6.72. The molecule has 2 N–H and O–H groups in total. The Labute approximate surface area is 146 Å². The molecule has 0 spiro atoms. The van der Waals surface area contributed by atoms with Crippen LogP contribution in [0.3, 0.4) is 0 Å². The maximum Gasteiger partial charge on any atom is 0.339 e. The van der Waals surface area contributed by atoms with Crippen LogP contribution in [0.2, 0.25) is 0 Å². The molecule has 1 aromatic heterocycles. The lowest BCUT2D eigenvalue weighted by atomic mass is 10.2. The van der Waals surface area contributed by atoms with Gasteiger partial charge in [0.1, 0.15) is 11.4 Å². The number of hydrogen-bond donors (Lipinski definition) is 2. The molecule has 8 heteroatoms. The molecule has 1 fully saturated rings. The first-order valence-corrected chi connectivity index (χ1v) is 9.43. The summed E-state index contributed by atoms with van der Waals surface area (Å²) in [5, 5.41) is 9.45. The van der Waals surface area contributed by atoms with E-state index in [2.05, 4.69) is 9.71 Å². The first kappa shape index (κ1) is 17.2. The lowest BCUT2D eigenvalue weighted by Crippen LogP contribution is -2.22. The zero-order chi connectivity index (χ0) is 18.0. The topological polar surface area (TPSA) is 99.6 Å². The first-order chi connectivity index (χ1) is 11.9. The summed E-state index contributed by atoms with van der Waals surface area (Å²) in [4.78, 5) is 17.8. The van der Waals surface area contributed by atoms with Crippen molar-refractivity contribution in [2.24, 2.45) is 0 Å². The molecule has 25 heavy (non-hydrogen) atoms.